The second-order valence-electron chi connectivity index (χ2n) is 7.22. The summed E-state index contributed by atoms with van der Waals surface area (Å²) in [5.74, 6) is -2.55. The van der Waals surface area contributed by atoms with Gasteiger partial charge in [0.1, 0.15) is 0 Å². The molecule has 1 fully saturated rings. The molecule has 158 valence electrons. The number of carbonyl (C=O) groups excluding carboxylic acids is 1. The Balaban J connectivity index is 1.59. The van der Waals surface area contributed by atoms with Gasteiger partial charge in [0, 0.05) is 19.0 Å². The summed E-state index contributed by atoms with van der Waals surface area (Å²) in [5, 5.41) is 11.6. The second-order valence-corrected chi connectivity index (χ2v) is 9.16. The highest BCUT2D eigenvalue weighted by Crippen LogP contribution is 2.25. The van der Waals surface area contributed by atoms with E-state index in [0.29, 0.717) is 24.0 Å². The van der Waals surface area contributed by atoms with Gasteiger partial charge >= 0.3 is 0 Å². The normalized spacial score (nSPS) is 16.6. The number of halogens is 2. The highest BCUT2D eigenvalue weighted by molar-refractivity contribution is 7.89. The van der Waals surface area contributed by atoms with Crippen LogP contribution in [0.3, 0.4) is 0 Å². The average molecular weight is 433 g/mol. The first-order valence-corrected chi connectivity index (χ1v) is 10.9. The SMILES string of the molecule is CC(NC(=O)C1CCN(S(=O)(=O)c2ccc(C#N)cc2)CC1)c1ccc(F)c(F)c1. The number of carbonyl (C=O) groups is 1. The van der Waals surface area contributed by atoms with Crippen LogP contribution in [-0.4, -0.2) is 31.7 Å². The molecule has 0 aromatic heterocycles. The average Bonchev–Trinajstić information content (AvgIpc) is 2.75. The Morgan fingerprint density at radius 1 is 1.13 bits per heavy atom. The Morgan fingerprint density at radius 3 is 2.33 bits per heavy atom. The van der Waals surface area contributed by atoms with E-state index in [1.807, 2.05) is 6.07 Å². The smallest absolute Gasteiger partial charge is 0.243 e. The standard InChI is InChI=1S/C21H21F2N3O3S/c1-14(17-4-7-19(22)20(23)12-17)25-21(27)16-8-10-26(11-9-16)30(28,29)18-5-2-15(13-24)3-6-18/h2-7,12,14,16H,8-11H2,1H3,(H,25,27). The Bertz CT molecular complexity index is 1070. The molecule has 0 saturated carbocycles. The van der Waals surface area contributed by atoms with Crippen LogP contribution in [0.25, 0.3) is 0 Å². The third-order valence-electron chi connectivity index (χ3n) is 5.25. The first-order valence-electron chi connectivity index (χ1n) is 9.48. The fraction of sp³-hybridized carbons (Fsp3) is 0.333. The molecule has 0 spiro atoms. The van der Waals surface area contributed by atoms with Gasteiger partial charge < -0.3 is 5.32 Å². The van der Waals surface area contributed by atoms with E-state index in [1.54, 1.807) is 6.92 Å². The molecule has 2 aromatic carbocycles. The molecule has 1 N–H and O–H groups in total. The Morgan fingerprint density at radius 2 is 1.77 bits per heavy atom. The van der Waals surface area contributed by atoms with Crippen molar-refractivity contribution in [1.82, 2.24) is 9.62 Å². The van der Waals surface area contributed by atoms with Crippen molar-refractivity contribution in [2.24, 2.45) is 5.92 Å². The fourth-order valence-corrected chi connectivity index (χ4v) is 4.87. The Hall–Kier alpha value is -2.83. The number of piperidine rings is 1. The quantitative estimate of drug-likeness (QED) is 0.785. The molecule has 2 aromatic rings. The highest BCUT2D eigenvalue weighted by Gasteiger charge is 2.32. The maximum absolute atomic E-state index is 13.4. The second kappa shape index (κ2) is 8.90. The van der Waals surface area contributed by atoms with Crippen molar-refractivity contribution in [3.8, 4) is 6.07 Å². The van der Waals surface area contributed by atoms with E-state index in [4.69, 9.17) is 5.26 Å². The number of hydrogen-bond acceptors (Lipinski definition) is 4. The van der Waals surface area contributed by atoms with Crippen LogP contribution in [-0.2, 0) is 14.8 Å². The number of sulfonamides is 1. The zero-order valence-corrected chi connectivity index (χ0v) is 17.1. The van der Waals surface area contributed by atoms with Gasteiger partial charge in [0.25, 0.3) is 0 Å². The summed E-state index contributed by atoms with van der Waals surface area (Å²) in [5.41, 5.74) is 0.822. The fourth-order valence-electron chi connectivity index (χ4n) is 3.41. The number of nitrogens with one attached hydrogen (secondary N) is 1. The minimum atomic E-state index is -3.70. The largest absolute Gasteiger partial charge is 0.349 e. The van der Waals surface area contributed by atoms with Crippen molar-refractivity contribution >= 4 is 15.9 Å². The van der Waals surface area contributed by atoms with Gasteiger partial charge in [0.05, 0.1) is 22.6 Å². The molecule has 1 aliphatic rings. The molecule has 1 aliphatic heterocycles. The molecule has 0 bridgehead atoms. The summed E-state index contributed by atoms with van der Waals surface area (Å²) >= 11 is 0. The summed E-state index contributed by atoms with van der Waals surface area (Å²) in [6.45, 7) is 2.06. The van der Waals surface area contributed by atoms with Gasteiger partial charge in [-0.1, -0.05) is 6.07 Å². The molecule has 0 radical (unpaired) electrons. The minimum absolute atomic E-state index is 0.108. The van der Waals surface area contributed by atoms with Crippen molar-refractivity contribution in [2.45, 2.75) is 30.7 Å². The van der Waals surface area contributed by atoms with Crippen molar-refractivity contribution in [3.63, 3.8) is 0 Å². The van der Waals surface area contributed by atoms with Crippen LogP contribution in [0.5, 0.6) is 0 Å². The first kappa shape index (κ1) is 21.9. The van der Waals surface area contributed by atoms with Gasteiger partial charge in [-0.05, 0) is 61.7 Å². The molecule has 1 saturated heterocycles. The van der Waals surface area contributed by atoms with Crippen LogP contribution in [0.4, 0.5) is 8.78 Å². The monoisotopic (exact) mass is 433 g/mol. The van der Waals surface area contributed by atoms with Gasteiger partial charge in [0.15, 0.2) is 11.6 Å². The van der Waals surface area contributed by atoms with Crippen LogP contribution in [0.1, 0.15) is 36.9 Å². The van der Waals surface area contributed by atoms with Gasteiger partial charge in [0.2, 0.25) is 15.9 Å². The Labute approximate surface area is 174 Å². The third-order valence-corrected chi connectivity index (χ3v) is 7.16. The predicted octanol–water partition coefficient (Wildman–Crippen LogP) is 3.11. The van der Waals surface area contributed by atoms with Gasteiger partial charge in [-0.15, -0.1) is 0 Å². The van der Waals surface area contributed by atoms with Crippen molar-refractivity contribution in [2.75, 3.05) is 13.1 Å². The van der Waals surface area contributed by atoms with Crippen LogP contribution >= 0.6 is 0 Å². The molecule has 1 atom stereocenters. The minimum Gasteiger partial charge on any atom is -0.349 e. The summed E-state index contributed by atoms with van der Waals surface area (Å²) in [4.78, 5) is 12.7. The first-order chi connectivity index (χ1) is 14.2. The summed E-state index contributed by atoms with van der Waals surface area (Å²) in [6, 6.07) is 10.6. The number of rotatable bonds is 5. The van der Waals surface area contributed by atoms with Crippen molar-refractivity contribution < 1.29 is 22.0 Å². The number of benzene rings is 2. The van der Waals surface area contributed by atoms with E-state index in [-0.39, 0.29) is 29.8 Å². The number of amides is 1. The van der Waals surface area contributed by atoms with E-state index in [1.165, 1.54) is 34.6 Å². The predicted molar refractivity (Wildman–Crippen MR) is 106 cm³/mol. The summed E-state index contributed by atoms with van der Waals surface area (Å²) < 4.78 is 53.3. The van der Waals surface area contributed by atoms with E-state index in [2.05, 4.69) is 5.32 Å². The number of nitriles is 1. The van der Waals surface area contributed by atoms with E-state index >= 15 is 0 Å². The van der Waals surface area contributed by atoms with E-state index in [0.717, 1.165) is 12.1 Å². The topological polar surface area (TPSA) is 90.3 Å². The highest BCUT2D eigenvalue weighted by atomic mass is 32.2. The lowest BCUT2D eigenvalue weighted by Crippen LogP contribution is -2.43. The molecule has 1 amide bonds. The maximum atomic E-state index is 13.4. The lowest BCUT2D eigenvalue weighted by atomic mass is 9.96. The summed E-state index contributed by atoms with van der Waals surface area (Å²) in [7, 11) is -3.70. The molecule has 1 unspecified atom stereocenters. The van der Waals surface area contributed by atoms with Crippen LogP contribution in [0.2, 0.25) is 0 Å². The van der Waals surface area contributed by atoms with E-state index < -0.39 is 27.7 Å². The number of nitrogens with zero attached hydrogens (tertiary/aromatic N) is 2. The zero-order chi connectivity index (χ0) is 21.9. The maximum Gasteiger partial charge on any atom is 0.243 e. The lowest BCUT2D eigenvalue weighted by Gasteiger charge is -2.31. The van der Waals surface area contributed by atoms with Gasteiger partial charge in [-0.2, -0.15) is 9.57 Å². The molecule has 6 nitrogen and oxygen atoms in total. The number of hydrogen-bond donors (Lipinski definition) is 1. The molecule has 0 aliphatic carbocycles. The molecule has 1 heterocycles. The van der Waals surface area contributed by atoms with Gasteiger partial charge in [-0.3, -0.25) is 4.79 Å². The molecular weight excluding hydrogens is 412 g/mol. The third kappa shape index (κ3) is 4.66. The Kier molecular flexibility index (Phi) is 6.48. The summed E-state index contributed by atoms with van der Waals surface area (Å²) in [6.07, 6.45) is 0.706. The van der Waals surface area contributed by atoms with Crippen molar-refractivity contribution in [3.05, 3.63) is 65.2 Å². The van der Waals surface area contributed by atoms with Gasteiger partial charge in [-0.25, -0.2) is 17.2 Å². The van der Waals surface area contributed by atoms with Crippen LogP contribution in [0.15, 0.2) is 47.4 Å². The lowest BCUT2D eigenvalue weighted by molar-refractivity contribution is -0.126. The van der Waals surface area contributed by atoms with Crippen molar-refractivity contribution in [1.29, 1.82) is 5.26 Å². The van der Waals surface area contributed by atoms with Crippen LogP contribution < -0.4 is 5.32 Å². The van der Waals surface area contributed by atoms with E-state index in [9.17, 15) is 22.0 Å². The molecule has 3 rings (SSSR count). The zero-order valence-electron chi connectivity index (χ0n) is 16.3. The van der Waals surface area contributed by atoms with Crippen LogP contribution in [0, 0.1) is 28.9 Å². The molecule has 9 heteroatoms. The molecular formula is C21H21F2N3O3S. The molecule has 30 heavy (non-hydrogen) atoms.